The van der Waals surface area contributed by atoms with Crippen LogP contribution in [0.3, 0.4) is 0 Å². The Balaban J connectivity index is 2.52. The summed E-state index contributed by atoms with van der Waals surface area (Å²) in [5.74, 6) is -1.11. The molecule has 0 aliphatic heterocycles. The molecule has 0 amide bonds. The predicted molar refractivity (Wildman–Crippen MR) is 55.0 cm³/mol. The number of carboxylic acids is 1. The first-order valence-corrected chi connectivity index (χ1v) is 4.43. The van der Waals surface area contributed by atoms with Crippen molar-refractivity contribution in [2.24, 2.45) is 0 Å². The third kappa shape index (κ3) is 1.95. The largest absolute Gasteiger partial charge is 0.477 e. The fourth-order valence-corrected chi connectivity index (χ4v) is 1.22. The number of aromatic nitrogens is 3. The fourth-order valence-electron chi connectivity index (χ4n) is 1.22. The van der Waals surface area contributed by atoms with Gasteiger partial charge in [0.2, 0.25) is 0 Å². The maximum atomic E-state index is 11.0. The van der Waals surface area contributed by atoms with Gasteiger partial charge in [0.15, 0.2) is 0 Å². The summed E-state index contributed by atoms with van der Waals surface area (Å²) in [6, 6.07) is 6.10. The van der Waals surface area contributed by atoms with Crippen LogP contribution < -0.4 is 5.69 Å². The quantitative estimate of drug-likeness (QED) is 0.764. The number of H-pyrrole nitrogens is 1. The van der Waals surface area contributed by atoms with Crippen molar-refractivity contribution in [2.75, 3.05) is 0 Å². The predicted octanol–water partition coefficient (Wildman–Crippen LogP) is 0.530. The Morgan fingerprint density at radius 3 is 2.81 bits per heavy atom. The van der Waals surface area contributed by atoms with E-state index in [0.29, 0.717) is 11.4 Å². The molecule has 6 nitrogen and oxygen atoms in total. The molecule has 0 unspecified atom stereocenters. The molecular weight excluding hydrogens is 210 g/mol. The molecule has 16 heavy (non-hydrogen) atoms. The molecule has 0 saturated carbocycles. The van der Waals surface area contributed by atoms with Gasteiger partial charge in [-0.25, -0.2) is 19.6 Å². The Bertz CT molecular complexity index is 592. The van der Waals surface area contributed by atoms with Crippen LogP contribution in [-0.2, 0) is 0 Å². The van der Waals surface area contributed by atoms with E-state index in [9.17, 15) is 9.59 Å². The molecule has 0 fully saturated rings. The Hall–Kier alpha value is -2.50. The minimum atomic E-state index is -1.11. The SMILES string of the molecule is O=C(O)c1cccc(-c2ccnc(=O)[nH]2)n1. The number of aromatic amines is 1. The van der Waals surface area contributed by atoms with Crippen LogP contribution in [0.4, 0.5) is 0 Å². The van der Waals surface area contributed by atoms with Crippen molar-refractivity contribution in [1.82, 2.24) is 15.0 Å². The van der Waals surface area contributed by atoms with E-state index >= 15 is 0 Å². The normalized spacial score (nSPS) is 10.0. The Kier molecular flexibility index (Phi) is 2.47. The molecule has 80 valence electrons. The van der Waals surface area contributed by atoms with Gasteiger partial charge in [0.1, 0.15) is 5.69 Å². The van der Waals surface area contributed by atoms with Gasteiger partial charge in [0.25, 0.3) is 0 Å². The highest BCUT2D eigenvalue weighted by atomic mass is 16.4. The van der Waals surface area contributed by atoms with Crippen LogP contribution in [-0.4, -0.2) is 26.0 Å². The van der Waals surface area contributed by atoms with Crippen molar-refractivity contribution >= 4 is 5.97 Å². The number of aromatic carboxylic acids is 1. The molecule has 2 aromatic heterocycles. The third-order valence-corrected chi connectivity index (χ3v) is 1.92. The minimum Gasteiger partial charge on any atom is -0.477 e. The molecule has 2 rings (SSSR count). The van der Waals surface area contributed by atoms with E-state index in [1.165, 1.54) is 12.3 Å². The molecule has 0 atom stereocenters. The molecule has 0 spiro atoms. The van der Waals surface area contributed by atoms with Gasteiger partial charge in [-0.3, -0.25) is 0 Å². The van der Waals surface area contributed by atoms with E-state index in [2.05, 4.69) is 15.0 Å². The van der Waals surface area contributed by atoms with E-state index in [-0.39, 0.29) is 5.69 Å². The highest BCUT2D eigenvalue weighted by molar-refractivity contribution is 5.85. The molecule has 2 aromatic rings. The van der Waals surface area contributed by atoms with Gasteiger partial charge in [-0.15, -0.1) is 0 Å². The van der Waals surface area contributed by atoms with Crippen LogP contribution in [0.2, 0.25) is 0 Å². The molecule has 0 aromatic carbocycles. The van der Waals surface area contributed by atoms with Gasteiger partial charge >= 0.3 is 11.7 Å². The maximum Gasteiger partial charge on any atom is 0.354 e. The van der Waals surface area contributed by atoms with Crippen LogP contribution in [0.1, 0.15) is 10.5 Å². The van der Waals surface area contributed by atoms with Crippen molar-refractivity contribution in [3.8, 4) is 11.4 Å². The summed E-state index contributed by atoms with van der Waals surface area (Å²) in [6.07, 6.45) is 1.34. The second-order valence-electron chi connectivity index (χ2n) is 3.00. The Morgan fingerprint density at radius 1 is 1.31 bits per heavy atom. The van der Waals surface area contributed by atoms with E-state index in [1.807, 2.05) is 0 Å². The Labute approximate surface area is 89.6 Å². The van der Waals surface area contributed by atoms with Crippen molar-refractivity contribution in [3.63, 3.8) is 0 Å². The Morgan fingerprint density at radius 2 is 2.12 bits per heavy atom. The third-order valence-electron chi connectivity index (χ3n) is 1.92. The molecule has 0 aliphatic carbocycles. The van der Waals surface area contributed by atoms with Crippen molar-refractivity contribution < 1.29 is 9.90 Å². The van der Waals surface area contributed by atoms with Crippen LogP contribution in [0, 0.1) is 0 Å². The monoisotopic (exact) mass is 217 g/mol. The number of rotatable bonds is 2. The summed E-state index contributed by atoms with van der Waals surface area (Å²) in [4.78, 5) is 31.5. The van der Waals surface area contributed by atoms with Crippen molar-refractivity contribution in [1.29, 1.82) is 0 Å². The van der Waals surface area contributed by atoms with Gasteiger partial charge in [0.05, 0.1) is 11.4 Å². The lowest BCUT2D eigenvalue weighted by Gasteiger charge is -2.00. The van der Waals surface area contributed by atoms with E-state index in [0.717, 1.165) is 0 Å². The highest BCUT2D eigenvalue weighted by Crippen LogP contribution is 2.12. The molecule has 2 heterocycles. The van der Waals surface area contributed by atoms with E-state index in [1.54, 1.807) is 18.2 Å². The topological polar surface area (TPSA) is 95.9 Å². The molecular formula is C10H7N3O3. The summed E-state index contributed by atoms with van der Waals surface area (Å²) in [5, 5.41) is 8.76. The van der Waals surface area contributed by atoms with Gasteiger partial charge in [-0.2, -0.15) is 0 Å². The molecule has 0 aliphatic rings. The first-order chi connectivity index (χ1) is 7.66. The van der Waals surface area contributed by atoms with E-state index < -0.39 is 11.7 Å². The molecule has 2 N–H and O–H groups in total. The van der Waals surface area contributed by atoms with E-state index in [4.69, 9.17) is 5.11 Å². The summed E-state index contributed by atoms with van der Waals surface area (Å²) < 4.78 is 0. The number of carboxylic acid groups (broad SMARTS) is 1. The second-order valence-corrected chi connectivity index (χ2v) is 3.00. The smallest absolute Gasteiger partial charge is 0.354 e. The summed E-state index contributed by atoms with van der Waals surface area (Å²) in [6.45, 7) is 0. The molecule has 6 heteroatoms. The molecule has 0 bridgehead atoms. The van der Waals surface area contributed by atoms with Crippen molar-refractivity contribution in [3.05, 3.63) is 46.6 Å². The van der Waals surface area contributed by atoms with Crippen LogP contribution in [0.15, 0.2) is 35.3 Å². The van der Waals surface area contributed by atoms with Gasteiger partial charge in [-0.05, 0) is 18.2 Å². The summed E-state index contributed by atoms with van der Waals surface area (Å²) in [5.41, 5.74) is 0.248. The van der Waals surface area contributed by atoms with Gasteiger partial charge in [-0.1, -0.05) is 6.07 Å². The van der Waals surface area contributed by atoms with Gasteiger partial charge in [0, 0.05) is 6.20 Å². The first kappa shape index (κ1) is 10.0. The second kappa shape index (κ2) is 3.93. The number of nitrogens with one attached hydrogen (secondary N) is 1. The summed E-state index contributed by atoms with van der Waals surface area (Å²) >= 11 is 0. The number of pyridine rings is 1. The van der Waals surface area contributed by atoms with Gasteiger partial charge < -0.3 is 10.1 Å². The number of hydrogen-bond donors (Lipinski definition) is 2. The average Bonchev–Trinajstić information content (AvgIpc) is 2.29. The van der Waals surface area contributed by atoms with Crippen LogP contribution >= 0.6 is 0 Å². The fraction of sp³-hybridized carbons (Fsp3) is 0. The number of nitrogens with zero attached hydrogens (tertiary/aromatic N) is 2. The first-order valence-electron chi connectivity index (χ1n) is 4.43. The standard InChI is InChI=1S/C10H7N3O3/c14-9(15)8-3-1-2-6(12-8)7-4-5-11-10(16)13-7/h1-5H,(H,14,15)(H,11,13,16). The highest BCUT2D eigenvalue weighted by Gasteiger charge is 2.06. The zero-order valence-electron chi connectivity index (χ0n) is 8.04. The van der Waals surface area contributed by atoms with Crippen LogP contribution in [0.25, 0.3) is 11.4 Å². The minimum absolute atomic E-state index is 0.0739. The number of carbonyl (C=O) groups is 1. The van der Waals surface area contributed by atoms with Crippen LogP contribution in [0.5, 0.6) is 0 Å². The van der Waals surface area contributed by atoms with Crippen molar-refractivity contribution in [2.45, 2.75) is 0 Å². The molecule has 0 radical (unpaired) electrons. The lowest BCUT2D eigenvalue weighted by molar-refractivity contribution is 0.0690. The zero-order chi connectivity index (χ0) is 11.5. The maximum absolute atomic E-state index is 11.0. The molecule has 0 saturated heterocycles. The summed E-state index contributed by atoms with van der Waals surface area (Å²) in [7, 11) is 0. The zero-order valence-corrected chi connectivity index (χ0v) is 8.04. The lowest BCUT2D eigenvalue weighted by atomic mass is 10.2. The number of hydrogen-bond acceptors (Lipinski definition) is 4. The lowest BCUT2D eigenvalue weighted by Crippen LogP contribution is -2.10. The average molecular weight is 217 g/mol.